The van der Waals surface area contributed by atoms with Gasteiger partial charge in [0.1, 0.15) is 23.1 Å². The summed E-state index contributed by atoms with van der Waals surface area (Å²) in [6, 6.07) is 10.5. The lowest BCUT2D eigenvalue weighted by atomic mass is 10.1. The zero-order chi connectivity index (χ0) is 20.9. The highest BCUT2D eigenvalue weighted by Gasteiger charge is 2.24. The molecule has 1 atom stereocenters. The number of ether oxygens (including phenoxy) is 2. The molecule has 28 heavy (non-hydrogen) atoms. The Bertz CT molecular complexity index is 844. The maximum atomic E-state index is 11.9. The van der Waals surface area contributed by atoms with Crippen LogP contribution in [0.1, 0.15) is 26.3 Å². The lowest BCUT2D eigenvalue weighted by Gasteiger charge is -2.22. The predicted molar refractivity (Wildman–Crippen MR) is 107 cm³/mol. The molecule has 6 nitrogen and oxygen atoms in total. The Morgan fingerprint density at radius 1 is 1.07 bits per heavy atom. The summed E-state index contributed by atoms with van der Waals surface area (Å²) in [5, 5.41) is 12.7. The van der Waals surface area contributed by atoms with Gasteiger partial charge in [-0.3, -0.25) is 0 Å². The molecule has 2 aromatic carbocycles. The van der Waals surface area contributed by atoms with Gasteiger partial charge in [0.25, 0.3) is 0 Å². The van der Waals surface area contributed by atoms with Crippen molar-refractivity contribution in [3.63, 3.8) is 0 Å². The van der Waals surface area contributed by atoms with Crippen LogP contribution in [0.3, 0.4) is 0 Å². The Kier molecular flexibility index (Phi) is 7.16. The molecule has 0 spiro atoms. The molecule has 2 rings (SSSR count). The highest BCUT2D eigenvalue weighted by atomic mass is 35.5. The smallest absolute Gasteiger partial charge is 0.408 e. The molecule has 0 saturated heterocycles. The van der Waals surface area contributed by atoms with E-state index in [0.717, 1.165) is 0 Å². The van der Waals surface area contributed by atoms with Gasteiger partial charge in [0.2, 0.25) is 0 Å². The Hall–Kier alpha value is -2.44. The molecule has 0 bridgehead atoms. The molecule has 0 aliphatic heterocycles. The molecule has 8 heteroatoms. The van der Waals surface area contributed by atoms with Crippen LogP contribution in [0, 0.1) is 0 Å². The molecule has 2 aromatic rings. The van der Waals surface area contributed by atoms with Crippen molar-refractivity contribution < 1.29 is 24.2 Å². The van der Waals surface area contributed by atoms with Gasteiger partial charge in [-0.25, -0.2) is 9.59 Å². The van der Waals surface area contributed by atoms with Gasteiger partial charge in [0.15, 0.2) is 0 Å². The van der Waals surface area contributed by atoms with Crippen molar-refractivity contribution in [3.8, 4) is 11.5 Å². The number of carboxylic acid groups (broad SMARTS) is 1. The molecule has 2 N–H and O–H groups in total. The standard InChI is InChI=1S/C20H21Cl2NO5/c1-20(2,3)28-19(26)23-17(18(24)25)8-12-5-4-6-15(7-12)27-16-10-13(21)9-14(22)11-16/h4-7,9-11,17H,8H2,1-3H3,(H,23,26)(H,24,25). The molecule has 0 aliphatic carbocycles. The summed E-state index contributed by atoms with van der Waals surface area (Å²) in [6.45, 7) is 5.10. The summed E-state index contributed by atoms with van der Waals surface area (Å²) < 4.78 is 10.9. The molecular weight excluding hydrogens is 405 g/mol. The molecule has 0 saturated carbocycles. The summed E-state index contributed by atoms with van der Waals surface area (Å²) in [4.78, 5) is 23.4. The van der Waals surface area contributed by atoms with Crippen molar-refractivity contribution in [1.82, 2.24) is 5.32 Å². The van der Waals surface area contributed by atoms with E-state index >= 15 is 0 Å². The molecule has 150 valence electrons. The molecule has 1 unspecified atom stereocenters. The molecule has 0 aliphatic rings. The number of hydrogen-bond acceptors (Lipinski definition) is 4. The fraction of sp³-hybridized carbons (Fsp3) is 0.300. The zero-order valence-corrected chi connectivity index (χ0v) is 17.2. The van der Waals surface area contributed by atoms with Crippen molar-refractivity contribution in [2.45, 2.75) is 38.8 Å². The molecule has 0 radical (unpaired) electrons. The summed E-state index contributed by atoms with van der Waals surface area (Å²) in [5.74, 6) is -0.229. The van der Waals surface area contributed by atoms with E-state index in [4.69, 9.17) is 32.7 Å². The number of amides is 1. The SMILES string of the molecule is CC(C)(C)OC(=O)NC(Cc1cccc(Oc2cc(Cl)cc(Cl)c2)c1)C(=O)O. The van der Waals surface area contributed by atoms with Gasteiger partial charge in [0.05, 0.1) is 0 Å². The van der Waals surface area contributed by atoms with Crippen LogP contribution in [0.15, 0.2) is 42.5 Å². The van der Waals surface area contributed by atoms with Gasteiger partial charge >= 0.3 is 12.1 Å². The first-order valence-electron chi connectivity index (χ1n) is 8.47. The van der Waals surface area contributed by atoms with Crippen LogP contribution in [0.25, 0.3) is 0 Å². The van der Waals surface area contributed by atoms with E-state index in [-0.39, 0.29) is 6.42 Å². The van der Waals surface area contributed by atoms with Crippen LogP contribution in [0.2, 0.25) is 10.0 Å². The number of carboxylic acids is 1. The van der Waals surface area contributed by atoms with E-state index in [9.17, 15) is 14.7 Å². The van der Waals surface area contributed by atoms with Gasteiger partial charge in [-0.15, -0.1) is 0 Å². The van der Waals surface area contributed by atoms with Crippen molar-refractivity contribution >= 4 is 35.3 Å². The average molecular weight is 426 g/mol. The zero-order valence-electron chi connectivity index (χ0n) is 15.7. The van der Waals surface area contributed by atoms with Gasteiger partial charge in [-0.2, -0.15) is 0 Å². The number of aliphatic carboxylic acids is 1. The summed E-state index contributed by atoms with van der Waals surface area (Å²) in [5.41, 5.74) is -0.0619. The number of benzene rings is 2. The average Bonchev–Trinajstić information content (AvgIpc) is 2.51. The fourth-order valence-electron chi connectivity index (χ4n) is 2.35. The summed E-state index contributed by atoms with van der Waals surface area (Å²) in [6.07, 6.45) is -0.733. The minimum absolute atomic E-state index is 0.0576. The Morgan fingerprint density at radius 2 is 1.71 bits per heavy atom. The number of carbonyl (C=O) groups excluding carboxylic acids is 1. The van der Waals surface area contributed by atoms with Crippen LogP contribution in [0.5, 0.6) is 11.5 Å². The first-order valence-corrected chi connectivity index (χ1v) is 9.22. The van der Waals surface area contributed by atoms with Crippen molar-refractivity contribution in [1.29, 1.82) is 0 Å². The lowest BCUT2D eigenvalue weighted by Crippen LogP contribution is -2.44. The Morgan fingerprint density at radius 3 is 2.29 bits per heavy atom. The van der Waals surface area contributed by atoms with Gasteiger partial charge < -0.3 is 19.9 Å². The summed E-state index contributed by atoms with van der Waals surface area (Å²) >= 11 is 11.9. The number of nitrogens with one attached hydrogen (secondary N) is 1. The van der Waals surface area contributed by atoms with E-state index in [0.29, 0.717) is 27.1 Å². The third-order valence-electron chi connectivity index (χ3n) is 3.40. The lowest BCUT2D eigenvalue weighted by molar-refractivity contribution is -0.139. The monoisotopic (exact) mass is 425 g/mol. The Labute approximate surface area is 173 Å². The number of rotatable bonds is 6. The van der Waals surface area contributed by atoms with E-state index in [1.165, 1.54) is 0 Å². The Balaban J connectivity index is 2.10. The number of alkyl carbamates (subject to hydrolysis) is 1. The topological polar surface area (TPSA) is 84.9 Å². The first-order chi connectivity index (χ1) is 13.0. The van der Waals surface area contributed by atoms with Crippen LogP contribution < -0.4 is 10.1 Å². The molecule has 1 amide bonds. The largest absolute Gasteiger partial charge is 0.480 e. The van der Waals surface area contributed by atoms with Crippen molar-refractivity contribution in [3.05, 3.63) is 58.1 Å². The second-order valence-corrected chi connectivity index (χ2v) is 7.97. The first kappa shape index (κ1) is 21.9. The third-order valence-corrected chi connectivity index (χ3v) is 3.84. The highest BCUT2D eigenvalue weighted by Crippen LogP contribution is 2.28. The van der Waals surface area contributed by atoms with E-state index in [2.05, 4.69) is 5.32 Å². The third kappa shape index (κ3) is 7.29. The second-order valence-electron chi connectivity index (χ2n) is 7.10. The van der Waals surface area contributed by atoms with E-state index in [1.807, 2.05) is 0 Å². The van der Waals surface area contributed by atoms with Crippen LogP contribution >= 0.6 is 23.2 Å². The molecular formula is C20H21Cl2NO5. The predicted octanol–water partition coefficient (Wildman–Crippen LogP) is 5.31. The maximum Gasteiger partial charge on any atom is 0.408 e. The minimum Gasteiger partial charge on any atom is -0.480 e. The summed E-state index contributed by atoms with van der Waals surface area (Å²) in [7, 11) is 0. The van der Waals surface area contributed by atoms with Crippen LogP contribution in [0.4, 0.5) is 4.79 Å². The highest BCUT2D eigenvalue weighted by molar-refractivity contribution is 6.34. The second kappa shape index (κ2) is 9.17. The maximum absolute atomic E-state index is 11.9. The number of hydrogen-bond donors (Lipinski definition) is 2. The fourth-order valence-corrected chi connectivity index (χ4v) is 2.85. The van der Waals surface area contributed by atoms with Crippen molar-refractivity contribution in [2.75, 3.05) is 0 Å². The molecule has 0 heterocycles. The quantitative estimate of drug-likeness (QED) is 0.654. The minimum atomic E-state index is -1.17. The van der Waals surface area contributed by atoms with Crippen LogP contribution in [-0.4, -0.2) is 28.8 Å². The van der Waals surface area contributed by atoms with Crippen molar-refractivity contribution in [2.24, 2.45) is 0 Å². The van der Waals surface area contributed by atoms with Gasteiger partial charge in [-0.05, 0) is 56.7 Å². The van der Waals surface area contributed by atoms with Gasteiger partial charge in [0, 0.05) is 16.5 Å². The molecule has 0 fully saturated rings. The number of carbonyl (C=O) groups is 2. The normalized spacial score (nSPS) is 12.2. The van der Waals surface area contributed by atoms with E-state index < -0.39 is 23.7 Å². The molecule has 0 aromatic heterocycles. The van der Waals surface area contributed by atoms with E-state index in [1.54, 1.807) is 63.2 Å². The van der Waals surface area contributed by atoms with Crippen LogP contribution in [-0.2, 0) is 16.0 Å². The van der Waals surface area contributed by atoms with Gasteiger partial charge in [-0.1, -0.05) is 35.3 Å². The number of halogens is 2.